The van der Waals surface area contributed by atoms with Crippen LogP contribution in [0.3, 0.4) is 0 Å². The summed E-state index contributed by atoms with van der Waals surface area (Å²) in [5.74, 6) is 5.78. The number of ether oxygens (including phenoxy) is 1. The van der Waals surface area contributed by atoms with Crippen molar-refractivity contribution in [1.82, 2.24) is 0 Å². The van der Waals surface area contributed by atoms with Gasteiger partial charge in [-0.15, -0.1) is 11.8 Å². The van der Waals surface area contributed by atoms with E-state index in [9.17, 15) is 5.11 Å². The second kappa shape index (κ2) is 3.93. The first-order chi connectivity index (χ1) is 5.70. The van der Waals surface area contributed by atoms with Crippen LogP contribution >= 0.6 is 0 Å². The monoisotopic (exact) mass is 168 g/mol. The van der Waals surface area contributed by atoms with Gasteiger partial charge in [-0.05, 0) is 13.3 Å². The van der Waals surface area contributed by atoms with Crippen LogP contribution in [0.25, 0.3) is 0 Å². The van der Waals surface area contributed by atoms with Crippen LogP contribution in [0.5, 0.6) is 0 Å². The van der Waals surface area contributed by atoms with Crippen molar-refractivity contribution in [1.29, 1.82) is 0 Å². The third-order valence-electron chi connectivity index (χ3n) is 2.44. The smallest absolute Gasteiger partial charge is 0.0706 e. The maximum absolute atomic E-state index is 9.79. The standard InChI is InChI=1S/C10H16O2/c1-3-4-5-6-10(11)7-9(8-10)12-2/h9,11H,5-8H2,1-2H3. The van der Waals surface area contributed by atoms with Gasteiger partial charge in [0, 0.05) is 26.4 Å². The van der Waals surface area contributed by atoms with E-state index in [-0.39, 0.29) is 6.10 Å². The van der Waals surface area contributed by atoms with Crippen molar-refractivity contribution in [2.24, 2.45) is 0 Å². The molecule has 0 atom stereocenters. The highest BCUT2D eigenvalue weighted by atomic mass is 16.5. The number of aliphatic hydroxyl groups is 1. The molecule has 0 amide bonds. The first-order valence-electron chi connectivity index (χ1n) is 4.35. The summed E-state index contributed by atoms with van der Waals surface area (Å²) in [6, 6.07) is 0. The van der Waals surface area contributed by atoms with Gasteiger partial charge in [0.1, 0.15) is 0 Å². The Morgan fingerprint density at radius 1 is 1.58 bits per heavy atom. The molecule has 0 aliphatic heterocycles. The zero-order valence-electron chi connectivity index (χ0n) is 7.76. The molecule has 2 nitrogen and oxygen atoms in total. The summed E-state index contributed by atoms with van der Waals surface area (Å²) in [5, 5.41) is 9.79. The molecular weight excluding hydrogens is 152 g/mol. The van der Waals surface area contributed by atoms with Gasteiger partial charge in [0.25, 0.3) is 0 Å². The molecule has 12 heavy (non-hydrogen) atoms. The van der Waals surface area contributed by atoms with E-state index >= 15 is 0 Å². The van der Waals surface area contributed by atoms with Crippen molar-refractivity contribution in [3.8, 4) is 11.8 Å². The Morgan fingerprint density at radius 2 is 2.25 bits per heavy atom. The average Bonchev–Trinajstić information content (AvgIpc) is 2.00. The number of methoxy groups -OCH3 is 1. The molecule has 0 saturated heterocycles. The Morgan fingerprint density at radius 3 is 2.75 bits per heavy atom. The van der Waals surface area contributed by atoms with E-state index in [2.05, 4.69) is 11.8 Å². The largest absolute Gasteiger partial charge is 0.390 e. The van der Waals surface area contributed by atoms with Crippen molar-refractivity contribution in [2.45, 2.75) is 44.3 Å². The molecule has 0 radical (unpaired) electrons. The summed E-state index contributed by atoms with van der Waals surface area (Å²) < 4.78 is 5.09. The van der Waals surface area contributed by atoms with Crippen LogP contribution in [0, 0.1) is 11.8 Å². The quantitative estimate of drug-likeness (QED) is 0.644. The van der Waals surface area contributed by atoms with Crippen LogP contribution in [0.15, 0.2) is 0 Å². The van der Waals surface area contributed by atoms with Crippen LogP contribution in [0.4, 0.5) is 0 Å². The molecule has 1 saturated carbocycles. The molecule has 0 bridgehead atoms. The van der Waals surface area contributed by atoms with Crippen molar-refractivity contribution in [3.05, 3.63) is 0 Å². The maximum atomic E-state index is 9.79. The minimum atomic E-state index is -0.482. The summed E-state index contributed by atoms with van der Waals surface area (Å²) >= 11 is 0. The Balaban J connectivity index is 2.19. The SMILES string of the molecule is CC#CCCC1(O)CC(OC)C1. The highest BCUT2D eigenvalue weighted by Crippen LogP contribution is 2.37. The van der Waals surface area contributed by atoms with Crippen molar-refractivity contribution in [2.75, 3.05) is 7.11 Å². The molecule has 0 aromatic carbocycles. The molecule has 0 unspecified atom stereocenters. The van der Waals surface area contributed by atoms with Gasteiger partial charge in [0.2, 0.25) is 0 Å². The molecule has 0 spiro atoms. The van der Waals surface area contributed by atoms with Gasteiger partial charge < -0.3 is 9.84 Å². The number of hydrogen-bond acceptors (Lipinski definition) is 2. The molecule has 1 aliphatic carbocycles. The highest BCUT2D eigenvalue weighted by Gasteiger charge is 2.41. The zero-order chi connectivity index (χ0) is 9.03. The molecule has 1 N–H and O–H groups in total. The van der Waals surface area contributed by atoms with Crippen molar-refractivity contribution < 1.29 is 9.84 Å². The molecule has 2 heteroatoms. The summed E-state index contributed by atoms with van der Waals surface area (Å²) in [4.78, 5) is 0. The van der Waals surface area contributed by atoms with Crippen molar-refractivity contribution >= 4 is 0 Å². The predicted molar refractivity (Wildman–Crippen MR) is 47.7 cm³/mol. The minimum absolute atomic E-state index is 0.268. The summed E-state index contributed by atoms with van der Waals surface area (Å²) in [7, 11) is 1.69. The van der Waals surface area contributed by atoms with Crippen LogP contribution in [0.2, 0.25) is 0 Å². The lowest BCUT2D eigenvalue weighted by molar-refractivity contribution is -0.130. The van der Waals surface area contributed by atoms with Gasteiger partial charge in [0.05, 0.1) is 11.7 Å². The van der Waals surface area contributed by atoms with Gasteiger partial charge in [0.15, 0.2) is 0 Å². The predicted octanol–water partition coefficient (Wildman–Crippen LogP) is 1.33. The van der Waals surface area contributed by atoms with Gasteiger partial charge >= 0.3 is 0 Å². The fourth-order valence-electron chi connectivity index (χ4n) is 1.58. The van der Waals surface area contributed by atoms with E-state index in [4.69, 9.17) is 4.74 Å². The first kappa shape index (κ1) is 9.57. The molecular formula is C10H16O2. The zero-order valence-corrected chi connectivity index (χ0v) is 7.76. The third-order valence-corrected chi connectivity index (χ3v) is 2.44. The Hall–Kier alpha value is -0.520. The van der Waals surface area contributed by atoms with E-state index in [1.165, 1.54) is 0 Å². The molecule has 0 aromatic heterocycles. The minimum Gasteiger partial charge on any atom is -0.390 e. The molecule has 0 aromatic rings. The topological polar surface area (TPSA) is 29.5 Å². The summed E-state index contributed by atoms with van der Waals surface area (Å²) in [5.41, 5.74) is -0.482. The number of rotatable bonds is 3. The third kappa shape index (κ3) is 2.23. The lowest BCUT2D eigenvalue weighted by Crippen LogP contribution is -2.47. The van der Waals surface area contributed by atoms with Crippen molar-refractivity contribution in [3.63, 3.8) is 0 Å². The van der Waals surface area contributed by atoms with Crippen LogP contribution in [-0.2, 0) is 4.74 Å². The second-order valence-electron chi connectivity index (χ2n) is 3.42. The Kier molecular flexibility index (Phi) is 3.13. The van der Waals surface area contributed by atoms with E-state index in [0.29, 0.717) is 0 Å². The Bertz CT molecular complexity index is 194. The normalized spacial score (nSPS) is 33.4. The van der Waals surface area contributed by atoms with E-state index in [1.54, 1.807) is 7.11 Å². The van der Waals surface area contributed by atoms with Crippen LogP contribution < -0.4 is 0 Å². The summed E-state index contributed by atoms with van der Waals surface area (Å²) in [6.45, 7) is 1.82. The second-order valence-corrected chi connectivity index (χ2v) is 3.42. The van der Waals surface area contributed by atoms with Gasteiger partial charge in [-0.1, -0.05) is 0 Å². The molecule has 1 rings (SSSR count). The fourth-order valence-corrected chi connectivity index (χ4v) is 1.58. The highest BCUT2D eigenvalue weighted by molar-refractivity contribution is 5.01. The Labute approximate surface area is 73.9 Å². The maximum Gasteiger partial charge on any atom is 0.0706 e. The lowest BCUT2D eigenvalue weighted by atomic mass is 9.74. The van der Waals surface area contributed by atoms with Gasteiger partial charge in [-0.2, -0.15) is 0 Å². The van der Waals surface area contributed by atoms with E-state index in [1.807, 2.05) is 6.92 Å². The van der Waals surface area contributed by atoms with Gasteiger partial charge in [-0.3, -0.25) is 0 Å². The van der Waals surface area contributed by atoms with Crippen LogP contribution in [-0.4, -0.2) is 23.9 Å². The lowest BCUT2D eigenvalue weighted by Gasteiger charge is -2.42. The average molecular weight is 168 g/mol. The van der Waals surface area contributed by atoms with Crippen LogP contribution in [0.1, 0.15) is 32.6 Å². The molecule has 1 fully saturated rings. The molecule has 0 heterocycles. The van der Waals surface area contributed by atoms with E-state index in [0.717, 1.165) is 25.7 Å². The van der Waals surface area contributed by atoms with Gasteiger partial charge in [-0.25, -0.2) is 0 Å². The molecule has 68 valence electrons. The summed E-state index contributed by atoms with van der Waals surface area (Å²) in [6.07, 6.45) is 3.39. The fraction of sp³-hybridized carbons (Fsp3) is 0.800. The number of hydrogen-bond donors (Lipinski definition) is 1. The molecule has 1 aliphatic rings. The van der Waals surface area contributed by atoms with E-state index < -0.39 is 5.60 Å². The first-order valence-corrected chi connectivity index (χ1v) is 4.35.